The van der Waals surface area contributed by atoms with Crippen LogP contribution in [0.3, 0.4) is 0 Å². The first kappa shape index (κ1) is 22.0. The summed E-state index contributed by atoms with van der Waals surface area (Å²) in [5.74, 6) is 0. The number of hydrogen-bond acceptors (Lipinski definition) is 2. The van der Waals surface area contributed by atoms with E-state index in [4.69, 9.17) is 14.3 Å². The molecule has 11 rings (SSSR count). The molecule has 0 amide bonds. The molecule has 0 aliphatic carbocycles. The molecule has 0 atom stereocenters. The van der Waals surface area contributed by atoms with Crippen molar-refractivity contribution in [3.63, 3.8) is 0 Å². The highest BCUT2D eigenvalue weighted by molar-refractivity contribution is 6.26. The summed E-state index contributed by atoms with van der Waals surface area (Å²) in [4.78, 5) is 0. The summed E-state index contributed by atoms with van der Waals surface area (Å²) in [6, 6.07) is 39.5. The van der Waals surface area contributed by atoms with E-state index < -0.39 is 24.2 Å². The van der Waals surface area contributed by atoms with Crippen LogP contribution in [0.4, 0.5) is 0 Å². The summed E-state index contributed by atoms with van der Waals surface area (Å²) in [5, 5.41) is 4.66. The minimum absolute atomic E-state index is 0.172. The maximum absolute atomic E-state index is 9.38. The highest BCUT2D eigenvalue weighted by Crippen LogP contribution is 2.46. The number of fused-ring (bicyclic) bond motifs is 9. The van der Waals surface area contributed by atoms with Crippen LogP contribution in [0.25, 0.3) is 110 Å². The first-order chi connectivity index (χ1) is 29.1. The molecule has 0 N–H and O–H groups in total. The van der Waals surface area contributed by atoms with Gasteiger partial charge in [0, 0.05) is 21.5 Å². The van der Waals surface area contributed by atoms with Crippen LogP contribution in [0.5, 0.6) is 0 Å². The third-order valence-electron chi connectivity index (χ3n) is 10.1. The Morgan fingerprint density at radius 3 is 1.54 bits per heavy atom. The average Bonchev–Trinajstić information content (AvgIpc) is 3.86. The topological polar surface area (TPSA) is 26.3 Å². The molecule has 0 bridgehead atoms. The Hall–Kier alpha value is -6.90. The fourth-order valence-corrected chi connectivity index (χ4v) is 7.84. The first-order valence-electron chi connectivity index (χ1n) is 21.1. The van der Waals surface area contributed by atoms with Crippen LogP contribution in [-0.2, 0) is 0 Å². The Morgan fingerprint density at radius 1 is 0.327 bits per heavy atom. The lowest BCUT2D eigenvalue weighted by atomic mass is 9.83. The second-order valence-corrected chi connectivity index (χ2v) is 13.0. The first-order valence-corrected chi connectivity index (χ1v) is 17.1. The summed E-state index contributed by atoms with van der Waals surface area (Å²) in [7, 11) is 0. The third kappa shape index (κ3) is 4.31. The van der Waals surface area contributed by atoms with Crippen LogP contribution < -0.4 is 0 Å². The largest absolute Gasteiger partial charge is 0.456 e. The van der Waals surface area contributed by atoms with Gasteiger partial charge in [-0.25, -0.2) is 0 Å². The summed E-state index contributed by atoms with van der Waals surface area (Å²) < 4.78 is 85.4. The third-order valence-corrected chi connectivity index (χ3v) is 10.1. The van der Waals surface area contributed by atoms with Gasteiger partial charge in [-0.3, -0.25) is 0 Å². The zero-order valence-corrected chi connectivity index (χ0v) is 27.5. The molecule has 0 saturated heterocycles. The van der Waals surface area contributed by atoms with Crippen LogP contribution in [0.1, 0.15) is 11.0 Å². The van der Waals surface area contributed by atoms with E-state index >= 15 is 0 Å². The quantitative estimate of drug-likeness (QED) is 0.174. The van der Waals surface area contributed by atoms with E-state index in [-0.39, 0.29) is 45.7 Å². The fraction of sp³-hybridized carbons (Fsp3) is 0. The summed E-state index contributed by atoms with van der Waals surface area (Å²) >= 11 is 0. The maximum atomic E-state index is 9.38. The van der Waals surface area contributed by atoms with Crippen molar-refractivity contribution in [2.24, 2.45) is 0 Å². The molecule has 2 aromatic heterocycles. The monoisotopic (exact) mass is 670 g/mol. The van der Waals surface area contributed by atoms with E-state index in [2.05, 4.69) is 6.07 Å². The predicted molar refractivity (Wildman–Crippen MR) is 218 cm³/mol. The molecule has 52 heavy (non-hydrogen) atoms. The number of furan rings is 2. The van der Waals surface area contributed by atoms with E-state index in [0.29, 0.717) is 27.8 Å². The molecule has 0 fully saturated rings. The Labute approximate surface area is 311 Å². The lowest BCUT2D eigenvalue weighted by molar-refractivity contribution is 0.663. The minimum Gasteiger partial charge on any atom is -0.456 e. The zero-order valence-electron chi connectivity index (χ0n) is 35.5. The van der Waals surface area contributed by atoms with Crippen molar-refractivity contribution < 1.29 is 19.8 Å². The molecular formula is C50H30O2. The van der Waals surface area contributed by atoms with Gasteiger partial charge in [-0.1, -0.05) is 151 Å². The summed E-state index contributed by atoms with van der Waals surface area (Å²) in [6.45, 7) is 0. The van der Waals surface area contributed by atoms with Crippen molar-refractivity contribution >= 4 is 65.4 Å². The molecule has 0 spiro atoms. The molecule has 2 nitrogen and oxygen atoms in total. The summed E-state index contributed by atoms with van der Waals surface area (Å²) in [5.41, 5.74) is 8.12. The van der Waals surface area contributed by atoms with Crippen LogP contribution in [0.2, 0.25) is 0 Å². The Balaban J connectivity index is 1.16. The van der Waals surface area contributed by atoms with Crippen molar-refractivity contribution in [1.82, 2.24) is 0 Å². The second-order valence-electron chi connectivity index (χ2n) is 13.0. The van der Waals surface area contributed by atoms with Crippen molar-refractivity contribution in [3.05, 3.63) is 182 Å². The van der Waals surface area contributed by atoms with Crippen molar-refractivity contribution in [1.29, 1.82) is 0 Å². The molecule has 2 heterocycles. The maximum Gasteiger partial charge on any atom is 0.136 e. The van der Waals surface area contributed by atoms with Gasteiger partial charge in [0.15, 0.2) is 0 Å². The van der Waals surface area contributed by atoms with Crippen molar-refractivity contribution in [2.45, 2.75) is 0 Å². The molecule has 11 aromatic rings. The average molecular weight is 671 g/mol. The van der Waals surface area contributed by atoms with Gasteiger partial charge >= 0.3 is 0 Å². The van der Waals surface area contributed by atoms with Crippen LogP contribution in [0.15, 0.2) is 191 Å². The molecule has 0 aliphatic rings. The van der Waals surface area contributed by atoms with Gasteiger partial charge in [0.05, 0.1) is 11.0 Å². The van der Waals surface area contributed by atoms with Crippen LogP contribution in [-0.4, -0.2) is 0 Å². The van der Waals surface area contributed by atoms with E-state index in [1.165, 1.54) is 0 Å². The molecule has 0 unspecified atom stereocenters. The highest BCUT2D eigenvalue weighted by atomic mass is 16.3. The second kappa shape index (κ2) is 11.3. The van der Waals surface area contributed by atoms with Gasteiger partial charge in [-0.2, -0.15) is 0 Å². The molecule has 0 aliphatic heterocycles. The Bertz CT molecular complexity index is 3550. The Kier molecular flexibility index (Phi) is 4.79. The number of hydrogen-bond donors (Lipinski definition) is 0. The van der Waals surface area contributed by atoms with Gasteiger partial charge in [-0.05, 0) is 96.4 Å². The van der Waals surface area contributed by atoms with Gasteiger partial charge in [0.1, 0.15) is 22.3 Å². The SMILES string of the molecule is [2H]c1c([2H])c([2H])c2c(-c3ccccc3-c3ccccc3)c3c([2H])c([2H])c([2H])c([2H])c3c(-c3ccc(-c4ccc5c(c4)oc4ccc6oc7ccccc7c6c45)cc3)c2c1[2H]. The van der Waals surface area contributed by atoms with E-state index in [1.54, 1.807) is 0 Å². The van der Waals surface area contributed by atoms with E-state index in [0.717, 1.165) is 60.5 Å². The van der Waals surface area contributed by atoms with Gasteiger partial charge in [0.2, 0.25) is 0 Å². The number of rotatable bonds is 4. The number of benzene rings is 9. The normalized spacial score (nSPS) is 14.0. The van der Waals surface area contributed by atoms with Crippen molar-refractivity contribution in [2.75, 3.05) is 0 Å². The Morgan fingerprint density at radius 2 is 0.846 bits per heavy atom. The van der Waals surface area contributed by atoms with Crippen molar-refractivity contribution in [3.8, 4) is 44.5 Å². The summed E-state index contributed by atoms with van der Waals surface area (Å²) in [6.07, 6.45) is 0. The molecule has 0 saturated carbocycles. The van der Waals surface area contributed by atoms with Crippen LogP contribution >= 0.6 is 0 Å². The molecular weight excluding hydrogens is 633 g/mol. The molecule has 9 aromatic carbocycles. The van der Waals surface area contributed by atoms with Gasteiger partial charge < -0.3 is 8.83 Å². The zero-order chi connectivity index (χ0) is 41.1. The standard InChI is InChI=1S/C50H30O2/c1-2-12-32(13-3-1)35-14-4-5-15-36(35)48-39-18-8-6-16-37(39)47(38-17-7-9-19-40(38)48)33-24-22-31(23-25-33)34-26-27-42-46(30-34)52-45-29-28-44-49(50(42)45)41-20-10-11-21-43(41)51-44/h1-30H/i6D,7D,8D,9D,16D,17D,18D,19D. The smallest absolute Gasteiger partial charge is 0.136 e. The number of para-hydroxylation sites is 1. The lowest BCUT2D eigenvalue weighted by Crippen LogP contribution is -1.92. The van der Waals surface area contributed by atoms with Gasteiger partial charge in [0.25, 0.3) is 0 Å². The minimum atomic E-state index is -0.437. The highest BCUT2D eigenvalue weighted by Gasteiger charge is 2.20. The lowest BCUT2D eigenvalue weighted by Gasteiger charge is -2.19. The van der Waals surface area contributed by atoms with Gasteiger partial charge in [-0.15, -0.1) is 0 Å². The van der Waals surface area contributed by atoms with E-state index in [9.17, 15) is 5.48 Å². The van der Waals surface area contributed by atoms with Crippen LogP contribution in [0, 0.1) is 0 Å². The molecule has 242 valence electrons. The van der Waals surface area contributed by atoms with E-state index in [1.807, 2.05) is 127 Å². The predicted octanol–water partition coefficient (Wildman–Crippen LogP) is 14.5. The molecule has 2 heteroatoms. The fourth-order valence-electron chi connectivity index (χ4n) is 7.84. The molecule has 0 radical (unpaired) electrons.